The summed E-state index contributed by atoms with van der Waals surface area (Å²) in [5.41, 5.74) is 1.88. The van der Waals surface area contributed by atoms with Crippen molar-refractivity contribution in [2.24, 2.45) is 0 Å². The number of carbonyl (C=O) groups is 1. The molecule has 0 bridgehead atoms. The summed E-state index contributed by atoms with van der Waals surface area (Å²) in [5.74, 6) is 0.413. The number of hydrogen-bond acceptors (Lipinski definition) is 4. The fourth-order valence-corrected chi connectivity index (χ4v) is 2.19. The van der Waals surface area contributed by atoms with Gasteiger partial charge in [-0.05, 0) is 24.5 Å². The molecule has 1 aliphatic carbocycles. The number of rotatable bonds is 5. The second kappa shape index (κ2) is 6.21. The van der Waals surface area contributed by atoms with Gasteiger partial charge in [0.25, 0.3) is 5.91 Å². The lowest BCUT2D eigenvalue weighted by Crippen LogP contribution is -2.29. The van der Waals surface area contributed by atoms with Crippen molar-refractivity contribution in [1.29, 1.82) is 5.26 Å². The minimum absolute atomic E-state index is 0.0715. The molecular weight excluding hydrogens is 244 g/mol. The summed E-state index contributed by atoms with van der Waals surface area (Å²) in [5, 5.41) is 20.7. The zero-order valence-corrected chi connectivity index (χ0v) is 10.6. The molecule has 0 aliphatic heterocycles. The standard InChI is InChI=1S/C14H16N2O3/c15-7-2-8-16-14(18)9-19-13-4-1-3-10-11(13)5-6-12(10)17/h1,3-4,12,17H,2,5-6,8-9H2,(H,16,18). The highest BCUT2D eigenvalue weighted by Gasteiger charge is 2.23. The third kappa shape index (κ3) is 3.24. The summed E-state index contributed by atoms with van der Waals surface area (Å²) >= 11 is 0. The molecule has 1 aromatic rings. The monoisotopic (exact) mass is 260 g/mol. The van der Waals surface area contributed by atoms with Gasteiger partial charge < -0.3 is 15.2 Å². The number of fused-ring (bicyclic) bond motifs is 1. The number of nitrogens with one attached hydrogen (secondary N) is 1. The third-order valence-electron chi connectivity index (χ3n) is 3.11. The molecule has 1 aromatic carbocycles. The molecule has 100 valence electrons. The molecule has 19 heavy (non-hydrogen) atoms. The van der Waals surface area contributed by atoms with Crippen LogP contribution in [0.5, 0.6) is 5.75 Å². The first-order chi connectivity index (χ1) is 9.22. The Labute approximate surface area is 111 Å². The van der Waals surface area contributed by atoms with Gasteiger partial charge in [-0.2, -0.15) is 5.26 Å². The molecule has 0 saturated heterocycles. The van der Waals surface area contributed by atoms with E-state index in [1.165, 1.54) is 0 Å². The van der Waals surface area contributed by atoms with E-state index < -0.39 is 6.10 Å². The maximum Gasteiger partial charge on any atom is 0.257 e. The number of amides is 1. The lowest BCUT2D eigenvalue weighted by atomic mass is 10.1. The molecule has 5 heteroatoms. The quantitative estimate of drug-likeness (QED) is 0.776. The average Bonchev–Trinajstić information content (AvgIpc) is 2.79. The molecule has 1 aliphatic rings. The number of aliphatic hydroxyl groups excluding tert-OH is 1. The summed E-state index contributed by atoms with van der Waals surface area (Å²) in [6.07, 6.45) is 1.33. The Morgan fingerprint density at radius 3 is 3.21 bits per heavy atom. The van der Waals surface area contributed by atoms with Crippen molar-refractivity contribution in [3.05, 3.63) is 29.3 Å². The molecule has 0 saturated carbocycles. The van der Waals surface area contributed by atoms with Crippen LogP contribution in [0.1, 0.15) is 30.1 Å². The van der Waals surface area contributed by atoms with Crippen LogP contribution in [0.4, 0.5) is 0 Å². The van der Waals surface area contributed by atoms with Crippen LogP contribution in [-0.4, -0.2) is 24.2 Å². The minimum Gasteiger partial charge on any atom is -0.483 e. The Morgan fingerprint density at radius 2 is 2.42 bits per heavy atom. The molecular formula is C14H16N2O3. The lowest BCUT2D eigenvalue weighted by molar-refractivity contribution is -0.123. The molecule has 2 N–H and O–H groups in total. The Hall–Kier alpha value is -2.06. The van der Waals surface area contributed by atoms with Crippen LogP contribution in [-0.2, 0) is 11.2 Å². The van der Waals surface area contributed by atoms with Crippen LogP contribution in [0.15, 0.2) is 18.2 Å². The van der Waals surface area contributed by atoms with Crippen molar-refractivity contribution in [2.45, 2.75) is 25.4 Å². The van der Waals surface area contributed by atoms with Gasteiger partial charge in [0.15, 0.2) is 6.61 Å². The van der Waals surface area contributed by atoms with Crippen molar-refractivity contribution in [1.82, 2.24) is 5.32 Å². The van der Waals surface area contributed by atoms with Crippen molar-refractivity contribution in [2.75, 3.05) is 13.2 Å². The first-order valence-electron chi connectivity index (χ1n) is 6.28. The number of aliphatic hydroxyl groups is 1. The number of nitriles is 1. The molecule has 2 rings (SSSR count). The van der Waals surface area contributed by atoms with Crippen LogP contribution in [0.2, 0.25) is 0 Å². The number of nitrogens with zero attached hydrogens (tertiary/aromatic N) is 1. The van der Waals surface area contributed by atoms with E-state index in [4.69, 9.17) is 10.00 Å². The molecule has 1 atom stereocenters. The Morgan fingerprint density at radius 1 is 1.58 bits per heavy atom. The first kappa shape index (κ1) is 13.4. The maximum absolute atomic E-state index is 11.5. The fourth-order valence-electron chi connectivity index (χ4n) is 2.19. The van der Waals surface area contributed by atoms with E-state index in [0.717, 1.165) is 17.5 Å². The number of carbonyl (C=O) groups excluding carboxylic acids is 1. The third-order valence-corrected chi connectivity index (χ3v) is 3.11. The minimum atomic E-state index is -0.428. The van der Waals surface area contributed by atoms with Gasteiger partial charge in [-0.3, -0.25) is 4.79 Å². The van der Waals surface area contributed by atoms with Crippen LogP contribution in [0, 0.1) is 11.3 Å². The normalized spacial score (nSPS) is 16.5. The van der Waals surface area contributed by atoms with Crippen molar-refractivity contribution < 1.29 is 14.6 Å². The summed E-state index contributed by atoms with van der Waals surface area (Å²) in [4.78, 5) is 11.5. The molecule has 0 aromatic heterocycles. The SMILES string of the molecule is N#CCCNC(=O)COc1cccc2c1CCC2O. The smallest absolute Gasteiger partial charge is 0.257 e. The lowest BCUT2D eigenvalue weighted by Gasteiger charge is -2.11. The van der Waals surface area contributed by atoms with Crippen LogP contribution in [0.3, 0.4) is 0 Å². The molecule has 0 fully saturated rings. The van der Waals surface area contributed by atoms with Gasteiger partial charge in [-0.25, -0.2) is 0 Å². The van der Waals surface area contributed by atoms with E-state index >= 15 is 0 Å². The largest absolute Gasteiger partial charge is 0.483 e. The van der Waals surface area contributed by atoms with Gasteiger partial charge in [0.2, 0.25) is 0 Å². The highest BCUT2D eigenvalue weighted by molar-refractivity contribution is 5.77. The van der Waals surface area contributed by atoms with Gasteiger partial charge in [0, 0.05) is 12.1 Å². The van der Waals surface area contributed by atoms with E-state index in [1.807, 2.05) is 18.2 Å². The molecule has 0 spiro atoms. The number of hydrogen-bond donors (Lipinski definition) is 2. The van der Waals surface area contributed by atoms with Gasteiger partial charge in [-0.1, -0.05) is 12.1 Å². The van der Waals surface area contributed by atoms with E-state index in [-0.39, 0.29) is 12.5 Å². The van der Waals surface area contributed by atoms with Crippen LogP contribution in [0.25, 0.3) is 0 Å². The highest BCUT2D eigenvalue weighted by atomic mass is 16.5. The summed E-state index contributed by atoms with van der Waals surface area (Å²) < 4.78 is 5.48. The van der Waals surface area contributed by atoms with Crippen molar-refractivity contribution in [3.63, 3.8) is 0 Å². The molecule has 0 heterocycles. The zero-order valence-electron chi connectivity index (χ0n) is 10.6. The predicted octanol–water partition coefficient (Wildman–Crippen LogP) is 1.07. The predicted molar refractivity (Wildman–Crippen MR) is 68.5 cm³/mol. The molecule has 1 amide bonds. The highest BCUT2D eigenvalue weighted by Crippen LogP contribution is 2.36. The van der Waals surface area contributed by atoms with E-state index in [9.17, 15) is 9.90 Å². The van der Waals surface area contributed by atoms with E-state index in [1.54, 1.807) is 6.07 Å². The van der Waals surface area contributed by atoms with Crippen molar-refractivity contribution in [3.8, 4) is 11.8 Å². The van der Waals surface area contributed by atoms with Gasteiger partial charge in [0.1, 0.15) is 5.75 Å². The van der Waals surface area contributed by atoms with Crippen molar-refractivity contribution >= 4 is 5.91 Å². The van der Waals surface area contributed by atoms with E-state index in [2.05, 4.69) is 5.32 Å². The number of benzene rings is 1. The fraction of sp³-hybridized carbons (Fsp3) is 0.429. The Balaban J connectivity index is 1.91. The van der Waals surface area contributed by atoms with Crippen LogP contribution >= 0.6 is 0 Å². The molecule has 0 radical (unpaired) electrons. The number of ether oxygens (including phenoxy) is 1. The topological polar surface area (TPSA) is 82.4 Å². The zero-order chi connectivity index (χ0) is 13.7. The van der Waals surface area contributed by atoms with Crippen LogP contribution < -0.4 is 10.1 Å². The summed E-state index contributed by atoms with van der Waals surface area (Å²) in [7, 11) is 0. The molecule has 5 nitrogen and oxygen atoms in total. The Bertz CT molecular complexity index is 508. The van der Waals surface area contributed by atoms with E-state index in [0.29, 0.717) is 25.1 Å². The summed E-state index contributed by atoms with van der Waals surface area (Å²) in [6, 6.07) is 7.45. The summed E-state index contributed by atoms with van der Waals surface area (Å²) in [6.45, 7) is 0.266. The maximum atomic E-state index is 11.5. The second-order valence-electron chi connectivity index (χ2n) is 4.43. The van der Waals surface area contributed by atoms with Gasteiger partial charge >= 0.3 is 0 Å². The Kier molecular flexibility index (Phi) is 4.37. The van der Waals surface area contributed by atoms with Gasteiger partial charge in [0.05, 0.1) is 18.6 Å². The second-order valence-corrected chi connectivity index (χ2v) is 4.43. The molecule has 1 unspecified atom stereocenters. The average molecular weight is 260 g/mol. The first-order valence-corrected chi connectivity index (χ1v) is 6.28. The van der Waals surface area contributed by atoms with Gasteiger partial charge in [-0.15, -0.1) is 0 Å².